The van der Waals surface area contributed by atoms with Crippen LogP contribution in [0.2, 0.25) is 0 Å². The van der Waals surface area contributed by atoms with Crippen LogP contribution in [-0.4, -0.2) is 37.6 Å². The lowest BCUT2D eigenvalue weighted by Crippen LogP contribution is -2.45. The van der Waals surface area contributed by atoms with Crippen LogP contribution in [0.5, 0.6) is 5.75 Å². The molecular formula is C22H37IN4O2. The number of guanidine groups is 1. The van der Waals surface area contributed by atoms with E-state index in [1.54, 1.807) is 0 Å². The van der Waals surface area contributed by atoms with E-state index in [0.29, 0.717) is 30.3 Å². The minimum absolute atomic E-state index is 0. The third-order valence-electron chi connectivity index (χ3n) is 5.09. The van der Waals surface area contributed by atoms with E-state index in [0.717, 1.165) is 18.1 Å². The summed E-state index contributed by atoms with van der Waals surface area (Å²) in [7, 11) is 0. The van der Waals surface area contributed by atoms with Crippen molar-refractivity contribution >= 4 is 35.8 Å². The van der Waals surface area contributed by atoms with Gasteiger partial charge in [-0.25, -0.2) is 4.99 Å². The molecule has 0 heterocycles. The number of hydrogen-bond donors (Lipinski definition) is 3. The number of aliphatic imine (C=N–C) groups is 1. The second kappa shape index (κ2) is 12.9. The number of carbonyl (C=O) groups is 1. The molecule has 1 aliphatic rings. The topological polar surface area (TPSA) is 74.8 Å². The Labute approximate surface area is 192 Å². The summed E-state index contributed by atoms with van der Waals surface area (Å²) >= 11 is 0. The van der Waals surface area contributed by atoms with Crippen LogP contribution in [0.25, 0.3) is 0 Å². The van der Waals surface area contributed by atoms with E-state index < -0.39 is 0 Å². The Morgan fingerprint density at radius 3 is 2.52 bits per heavy atom. The molecular weight excluding hydrogens is 479 g/mol. The smallest absolute Gasteiger partial charge is 0.257 e. The monoisotopic (exact) mass is 516 g/mol. The Kier molecular flexibility index (Phi) is 11.4. The van der Waals surface area contributed by atoms with Gasteiger partial charge in [0.2, 0.25) is 0 Å². The number of hydrogen-bond acceptors (Lipinski definition) is 3. The van der Waals surface area contributed by atoms with Crippen LogP contribution in [-0.2, 0) is 11.3 Å². The highest BCUT2D eigenvalue weighted by Crippen LogP contribution is 2.34. The van der Waals surface area contributed by atoms with E-state index in [4.69, 9.17) is 9.73 Å². The van der Waals surface area contributed by atoms with Gasteiger partial charge in [-0.3, -0.25) is 4.79 Å². The number of rotatable bonds is 8. The van der Waals surface area contributed by atoms with Crippen molar-refractivity contribution in [3.8, 4) is 5.75 Å². The van der Waals surface area contributed by atoms with Gasteiger partial charge in [-0.1, -0.05) is 26.0 Å². The first-order valence-corrected chi connectivity index (χ1v) is 10.4. The average molecular weight is 516 g/mol. The molecule has 7 heteroatoms. The number of ether oxygens (including phenoxy) is 1. The average Bonchev–Trinajstić information content (AvgIpc) is 2.67. The van der Waals surface area contributed by atoms with Gasteiger partial charge in [0.1, 0.15) is 5.75 Å². The van der Waals surface area contributed by atoms with Crippen molar-refractivity contribution in [3.63, 3.8) is 0 Å². The molecule has 0 aromatic heterocycles. The van der Waals surface area contributed by atoms with Crippen LogP contribution >= 0.6 is 24.0 Å². The van der Waals surface area contributed by atoms with Gasteiger partial charge in [0.25, 0.3) is 5.91 Å². The highest BCUT2D eigenvalue weighted by molar-refractivity contribution is 14.0. The van der Waals surface area contributed by atoms with Gasteiger partial charge in [0.15, 0.2) is 12.6 Å². The Morgan fingerprint density at radius 1 is 1.17 bits per heavy atom. The van der Waals surface area contributed by atoms with Crippen LogP contribution in [0.4, 0.5) is 0 Å². The third kappa shape index (κ3) is 9.69. The quantitative estimate of drug-likeness (QED) is 0.279. The summed E-state index contributed by atoms with van der Waals surface area (Å²) in [4.78, 5) is 16.3. The zero-order valence-electron chi connectivity index (χ0n) is 18.2. The minimum atomic E-state index is -0.111. The van der Waals surface area contributed by atoms with Gasteiger partial charge in [-0.2, -0.15) is 0 Å². The van der Waals surface area contributed by atoms with E-state index in [-0.39, 0.29) is 36.5 Å². The summed E-state index contributed by atoms with van der Waals surface area (Å²) < 4.78 is 5.56. The van der Waals surface area contributed by atoms with Crippen molar-refractivity contribution in [2.45, 2.75) is 66.0 Å². The Balaban J connectivity index is 0.00000420. The van der Waals surface area contributed by atoms with Gasteiger partial charge in [0, 0.05) is 19.1 Å². The van der Waals surface area contributed by atoms with Crippen molar-refractivity contribution in [1.29, 1.82) is 0 Å². The molecule has 0 unspecified atom stereocenters. The predicted molar refractivity (Wildman–Crippen MR) is 130 cm³/mol. The summed E-state index contributed by atoms with van der Waals surface area (Å²) in [5, 5.41) is 9.66. The van der Waals surface area contributed by atoms with Crippen LogP contribution in [0.15, 0.2) is 29.3 Å². The maximum Gasteiger partial charge on any atom is 0.257 e. The molecule has 0 aliphatic heterocycles. The first kappa shape index (κ1) is 25.5. The fraction of sp³-hybridized carbons (Fsp3) is 0.636. The molecule has 0 saturated heterocycles. The largest absolute Gasteiger partial charge is 0.484 e. The summed E-state index contributed by atoms with van der Waals surface area (Å²) in [6.45, 7) is 10.7. The summed E-state index contributed by atoms with van der Waals surface area (Å²) in [6, 6.07) is 8.24. The normalized spacial score (nSPS) is 16.5. The van der Waals surface area contributed by atoms with E-state index in [1.807, 2.05) is 31.2 Å². The second-order valence-corrected chi connectivity index (χ2v) is 8.17. The molecule has 1 saturated carbocycles. The summed E-state index contributed by atoms with van der Waals surface area (Å²) in [6.07, 6.45) is 4.85. The molecule has 1 aliphatic carbocycles. The maximum atomic E-state index is 11.5. The van der Waals surface area contributed by atoms with E-state index >= 15 is 0 Å². The number of nitrogens with zero attached hydrogens (tertiary/aromatic N) is 1. The first-order valence-electron chi connectivity index (χ1n) is 10.4. The van der Waals surface area contributed by atoms with Crippen LogP contribution in [0, 0.1) is 5.41 Å². The fourth-order valence-electron chi connectivity index (χ4n) is 3.36. The lowest BCUT2D eigenvalue weighted by atomic mass is 9.75. The van der Waals surface area contributed by atoms with Gasteiger partial charge < -0.3 is 20.7 Å². The van der Waals surface area contributed by atoms with Crippen LogP contribution in [0.3, 0.4) is 0 Å². The zero-order chi connectivity index (χ0) is 20.4. The second-order valence-electron chi connectivity index (χ2n) is 8.17. The molecule has 1 aromatic carbocycles. The molecule has 3 N–H and O–H groups in total. The number of halogens is 1. The third-order valence-corrected chi connectivity index (χ3v) is 5.09. The van der Waals surface area contributed by atoms with Crippen molar-refractivity contribution in [3.05, 3.63) is 29.8 Å². The number of nitrogens with one attached hydrogen (secondary N) is 3. The molecule has 2 rings (SSSR count). The molecule has 6 nitrogen and oxygen atoms in total. The highest BCUT2D eigenvalue weighted by Gasteiger charge is 2.27. The SMILES string of the molecule is CCNC(=O)COc1cccc(CN=C(NCC)NC2CCC(C)(C)CC2)c1.I. The molecule has 0 atom stereocenters. The molecule has 0 spiro atoms. The van der Waals surface area contributed by atoms with Crippen molar-refractivity contribution in [1.82, 2.24) is 16.0 Å². The number of carbonyl (C=O) groups excluding carboxylic acids is 1. The molecule has 1 aromatic rings. The maximum absolute atomic E-state index is 11.5. The fourth-order valence-corrected chi connectivity index (χ4v) is 3.36. The predicted octanol–water partition coefficient (Wildman–Crippen LogP) is 3.84. The Hall–Kier alpha value is -1.51. The van der Waals surface area contributed by atoms with E-state index in [9.17, 15) is 4.79 Å². The molecule has 0 bridgehead atoms. The zero-order valence-corrected chi connectivity index (χ0v) is 20.5. The van der Waals surface area contributed by atoms with Crippen molar-refractivity contribution < 1.29 is 9.53 Å². The number of benzene rings is 1. The Morgan fingerprint density at radius 2 is 1.86 bits per heavy atom. The molecule has 0 radical (unpaired) electrons. The first-order chi connectivity index (χ1) is 13.4. The van der Waals surface area contributed by atoms with E-state index in [1.165, 1.54) is 25.7 Å². The summed E-state index contributed by atoms with van der Waals surface area (Å²) in [5.74, 6) is 1.44. The molecule has 1 fully saturated rings. The lowest BCUT2D eigenvalue weighted by Gasteiger charge is -2.35. The molecule has 1 amide bonds. The number of amides is 1. The molecule has 164 valence electrons. The highest BCUT2D eigenvalue weighted by atomic mass is 127. The Bertz CT molecular complexity index is 654. The van der Waals surface area contributed by atoms with Crippen LogP contribution < -0.4 is 20.7 Å². The number of likely N-dealkylation sites (N-methyl/N-ethyl adjacent to an activating group) is 1. The minimum Gasteiger partial charge on any atom is -0.484 e. The molecule has 29 heavy (non-hydrogen) atoms. The van der Waals surface area contributed by atoms with E-state index in [2.05, 4.69) is 36.7 Å². The van der Waals surface area contributed by atoms with Crippen molar-refractivity contribution in [2.24, 2.45) is 10.4 Å². The van der Waals surface area contributed by atoms with Gasteiger partial charge in [-0.05, 0) is 62.6 Å². The van der Waals surface area contributed by atoms with Gasteiger partial charge in [-0.15, -0.1) is 24.0 Å². The van der Waals surface area contributed by atoms with Crippen molar-refractivity contribution in [2.75, 3.05) is 19.7 Å². The lowest BCUT2D eigenvalue weighted by molar-refractivity contribution is -0.122. The van der Waals surface area contributed by atoms with Gasteiger partial charge >= 0.3 is 0 Å². The van der Waals surface area contributed by atoms with Crippen LogP contribution in [0.1, 0.15) is 58.9 Å². The standard InChI is InChI=1S/C22H36N4O2.HI/c1-5-23-20(27)16-28-19-9-7-8-17(14-19)15-25-21(24-6-2)26-18-10-12-22(3,4)13-11-18;/h7-9,14,18H,5-6,10-13,15-16H2,1-4H3,(H,23,27)(H2,24,25,26);1H. The summed E-state index contributed by atoms with van der Waals surface area (Å²) in [5.41, 5.74) is 1.51. The van der Waals surface area contributed by atoms with Gasteiger partial charge in [0.05, 0.1) is 6.54 Å².